The number of nitrogens with zero attached hydrogens (tertiary/aromatic N) is 4. The smallest absolute Gasteiger partial charge is 0.226 e. The van der Waals surface area contributed by atoms with Crippen LogP contribution >= 0.6 is 18.9 Å². The lowest BCUT2D eigenvalue weighted by Gasteiger charge is -2.27. The summed E-state index contributed by atoms with van der Waals surface area (Å²) in [6.45, 7) is -0.326. The molecule has 0 aliphatic carbocycles. The monoisotopic (exact) mass is 355 g/mol. The lowest BCUT2D eigenvalue weighted by Crippen LogP contribution is -2.41. The Hall–Kier alpha value is -1.39. The summed E-state index contributed by atoms with van der Waals surface area (Å²) >= 11 is 0. The zero-order chi connectivity index (χ0) is 16.6. The van der Waals surface area contributed by atoms with Crippen molar-refractivity contribution in [1.82, 2.24) is 14.6 Å². The Morgan fingerprint density at radius 2 is 2.26 bits per heavy atom. The van der Waals surface area contributed by atoms with E-state index < -0.39 is 23.9 Å². The number of anilines is 1. The molecule has 3 rings (SSSR count). The quantitative estimate of drug-likeness (QED) is 0.720. The largest absolute Gasteiger partial charge is 0.394 e. The van der Waals surface area contributed by atoms with E-state index in [4.69, 9.17) is 19.5 Å². The van der Waals surface area contributed by atoms with Crippen LogP contribution in [0.2, 0.25) is 0 Å². The molecule has 1 fully saturated rings. The van der Waals surface area contributed by atoms with Gasteiger partial charge >= 0.3 is 0 Å². The molecule has 2 aromatic heterocycles. The number of rotatable bonds is 4. The summed E-state index contributed by atoms with van der Waals surface area (Å²) in [5.74, 6) is 0.276. The van der Waals surface area contributed by atoms with Gasteiger partial charge in [-0.1, -0.05) is 0 Å². The minimum atomic E-state index is -1.52. The maximum absolute atomic E-state index is 9.85. The van der Waals surface area contributed by atoms with Crippen LogP contribution in [-0.4, -0.2) is 44.6 Å². The van der Waals surface area contributed by atoms with Gasteiger partial charge in [-0.15, -0.1) is 0 Å². The number of ether oxygens (including phenoxy) is 1. The van der Waals surface area contributed by atoms with Gasteiger partial charge in [0.2, 0.25) is 5.60 Å². The number of aliphatic hydroxyl groups is 1. The number of aromatic nitrogens is 3. The molecule has 1 aliphatic heterocycles. The number of hydrogen-bond donors (Lipinski definition) is 2. The summed E-state index contributed by atoms with van der Waals surface area (Å²) < 4.78 is 18.0. The molecule has 3 heterocycles. The maximum atomic E-state index is 9.85. The minimum Gasteiger partial charge on any atom is -0.394 e. The van der Waals surface area contributed by atoms with E-state index in [0.29, 0.717) is 11.2 Å². The predicted molar refractivity (Wildman–Crippen MR) is 85.8 cm³/mol. The number of nitriles is 1. The van der Waals surface area contributed by atoms with Crippen LogP contribution in [0.25, 0.3) is 5.52 Å². The van der Waals surface area contributed by atoms with Crippen molar-refractivity contribution in [3.63, 3.8) is 0 Å². The number of aliphatic hydroxyl groups excluding tert-OH is 1. The first kappa shape index (κ1) is 16.5. The molecule has 23 heavy (non-hydrogen) atoms. The van der Waals surface area contributed by atoms with Crippen LogP contribution in [0.15, 0.2) is 18.5 Å². The molecule has 1 aliphatic rings. The van der Waals surface area contributed by atoms with Crippen LogP contribution in [0, 0.1) is 11.3 Å². The molecule has 2 aromatic rings. The second-order valence-electron chi connectivity index (χ2n) is 5.00. The molecule has 3 N–H and O–H groups in total. The molecule has 6 atom stereocenters. The van der Waals surface area contributed by atoms with E-state index in [0.717, 1.165) is 0 Å². The fourth-order valence-corrected chi connectivity index (χ4v) is 3.52. The third kappa shape index (κ3) is 2.31. The summed E-state index contributed by atoms with van der Waals surface area (Å²) in [5.41, 5.74) is 5.26. The van der Waals surface area contributed by atoms with Crippen molar-refractivity contribution < 1.29 is 18.9 Å². The Labute approximate surface area is 136 Å². The van der Waals surface area contributed by atoms with E-state index in [-0.39, 0.29) is 12.4 Å². The molecule has 0 spiro atoms. The molecule has 0 aromatic carbocycles. The molecule has 0 amide bonds. The van der Waals surface area contributed by atoms with Gasteiger partial charge in [0.25, 0.3) is 0 Å². The summed E-state index contributed by atoms with van der Waals surface area (Å²) in [6.07, 6.45) is -0.911. The Balaban J connectivity index is 2.20. The molecule has 2 unspecified atom stereocenters. The van der Waals surface area contributed by atoms with Crippen molar-refractivity contribution in [2.24, 2.45) is 0 Å². The predicted octanol–water partition coefficient (Wildman–Crippen LogP) is -0.228. The molecule has 0 radical (unpaired) electrons. The zero-order valence-electron chi connectivity index (χ0n) is 11.9. The highest BCUT2D eigenvalue weighted by atomic mass is 31.0. The van der Waals surface area contributed by atoms with E-state index >= 15 is 0 Å². The van der Waals surface area contributed by atoms with E-state index in [2.05, 4.69) is 35.1 Å². The number of nitrogen functional groups attached to an aromatic ring is 1. The number of nitrogens with two attached hydrogens (primary N) is 1. The van der Waals surface area contributed by atoms with Crippen LogP contribution in [0.4, 0.5) is 5.82 Å². The maximum Gasteiger partial charge on any atom is 0.226 e. The van der Waals surface area contributed by atoms with Gasteiger partial charge in [-0.05, 0) is 12.1 Å². The van der Waals surface area contributed by atoms with Crippen molar-refractivity contribution in [3.8, 4) is 6.07 Å². The van der Waals surface area contributed by atoms with Gasteiger partial charge in [0, 0.05) is 18.9 Å². The highest BCUT2D eigenvalue weighted by molar-refractivity contribution is 7.10. The first-order valence-electron chi connectivity index (χ1n) is 6.62. The van der Waals surface area contributed by atoms with Crippen LogP contribution in [-0.2, 0) is 19.4 Å². The summed E-state index contributed by atoms with van der Waals surface area (Å²) in [6, 6.07) is 5.49. The van der Waals surface area contributed by atoms with E-state index in [1.807, 2.05) is 0 Å². The van der Waals surface area contributed by atoms with Crippen LogP contribution in [0.1, 0.15) is 5.69 Å². The second kappa shape index (κ2) is 6.25. The third-order valence-corrected chi connectivity index (χ3v) is 4.52. The van der Waals surface area contributed by atoms with Crippen molar-refractivity contribution in [3.05, 3.63) is 24.2 Å². The highest BCUT2D eigenvalue weighted by Crippen LogP contribution is 2.44. The fraction of sp³-hybridized carbons (Fsp3) is 0.417. The second-order valence-corrected chi connectivity index (χ2v) is 5.55. The summed E-state index contributed by atoms with van der Waals surface area (Å²) in [7, 11) is 4.21. The van der Waals surface area contributed by atoms with Crippen LogP contribution in [0.3, 0.4) is 0 Å². The van der Waals surface area contributed by atoms with Gasteiger partial charge in [-0.2, -0.15) is 10.4 Å². The Morgan fingerprint density at radius 1 is 1.48 bits per heavy atom. The molecule has 9 nitrogen and oxygen atoms in total. The molecule has 11 heteroatoms. The average molecular weight is 355 g/mol. The topological polar surface area (TPSA) is 128 Å². The molecular formula is C12H15N5O4P2. The number of fused-ring (bicyclic) bond motifs is 1. The van der Waals surface area contributed by atoms with Gasteiger partial charge in [0.15, 0.2) is 5.82 Å². The van der Waals surface area contributed by atoms with Crippen molar-refractivity contribution in [1.29, 1.82) is 5.26 Å². The molecule has 0 saturated carbocycles. The van der Waals surface area contributed by atoms with Gasteiger partial charge in [0.05, 0.1) is 12.3 Å². The van der Waals surface area contributed by atoms with Gasteiger partial charge in [0.1, 0.15) is 36.2 Å². The zero-order valence-corrected chi connectivity index (χ0v) is 14.2. The summed E-state index contributed by atoms with van der Waals surface area (Å²) in [4.78, 5) is 3.92. The third-order valence-electron chi connectivity index (χ3n) is 3.91. The average Bonchev–Trinajstić information content (AvgIpc) is 3.14. The lowest BCUT2D eigenvalue weighted by molar-refractivity contribution is -0.0580. The first-order chi connectivity index (χ1) is 11.1. The number of hydrogen-bond acceptors (Lipinski definition) is 8. The highest BCUT2D eigenvalue weighted by Gasteiger charge is 2.59. The lowest BCUT2D eigenvalue weighted by atomic mass is 9.92. The normalized spacial score (nSPS) is 30.6. The SMILES string of the molecule is N#C[C@@]1(c2ccc3c(N)ncnn23)O[C@H](CO)[C@@H](OP)[C@H]1OP. The van der Waals surface area contributed by atoms with Gasteiger partial charge < -0.3 is 24.6 Å². The van der Waals surface area contributed by atoms with E-state index in [9.17, 15) is 10.4 Å². The molecule has 1 saturated heterocycles. The van der Waals surface area contributed by atoms with E-state index in [1.165, 1.54) is 10.8 Å². The first-order valence-corrected chi connectivity index (χ1v) is 7.57. The Kier molecular flexibility index (Phi) is 4.47. The van der Waals surface area contributed by atoms with Crippen molar-refractivity contribution >= 4 is 30.3 Å². The molecule has 122 valence electrons. The van der Waals surface area contributed by atoms with Crippen molar-refractivity contribution in [2.45, 2.75) is 23.9 Å². The standard InChI is InChI=1S/C12H15N5O4P2/c13-4-12(10(21-23)9(20-22)7(3-18)19-12)8-2-1-6-11(14)15-5-16-17(6)8/h1-2,5,7,9-10,18H,3,22-23H2,(H2,14,15,16)/t7-,9-,10-,12+/m1/s1. The fourth-order valence-electron chi connectivity index (χ4n) is 2.86. The molecule has 0 bridgehead atoms. The Bertz CT molecular complexity index is 765. The molecular weight excluding hydrogens is 340 g/mol. The van der Waals surface area contributed by atoms with Gasteiger partial charge in [-0.25, -0.2) is 9.50 Å². The van der Waals surface area contributed by atoms with Crippen LogP contribution in [0.5, 0.6) is 0 Å². The van der Waals surface area contributed by atoms with Crippen molar-refractivity contribution in [2.75, 3.05) is 12.3 Å². The minimum absolute atomic E-state index is 0.276. The summed E-state index contributed by atoms with van der Waals surface area (Å²) in [5, 5.41) is 23.5. The Morgan fingerprint density at radius 3 is 2.87 bits per heavy atom. The van der Waals surface area contributed by atoms with E-state index in [1.54, 1.807) is 12.1 Å². The van der Waals surface area contributed by atoms with Gasteiger partial charge in [-0.3, -0.25) is 0 Å². The van der Waals surface area contributed by atoms with Crippen LogP contribution < -0.4 is 5.73 Å².